The number of carbonyl (C=O) groups excluding carboxylic acids is 3. The van der Waals surface area contributed by atoms with Crippen LogP contribution in [0.2, 0.25) is 0 Å². The van der Waals surface area contributed by atoms with Crippen LogP contribution < -0.4 is 20.9 Å². The summed E-state index contributed by atoms with van der Waals surface area (Å²) in [5.41, 5.74) is 4.62. The van der Waals surface area contributed by atoms with Crippen molar-refractivity contribution in [2.75, 3.05) is 49.1 Å². The minimum absolute atomic E-state index is 0.0135. The quantitative estimate of drug-likeness (QED) is 0.643. The second-order valence-corrected chi connectivity index (χ2v) is 6.68. The third kappa shape index (κ3) is 5.07. The van der Waals surface area contributed by atoms with Gasteiger partial charge in [-0.25, -0.2) is 23.4 Å². The lowest BCUT2D eigenvalue weighted by molar-refractivity contribution is -0.132. The molecule has 2 heterocycles. The SMILES string of the molecule is NC(=O)N1CCN(c2c(F)cc(N3CC(CNC(=O)C(F)F)OC3=O)cc2F)CCO1. The van der Waals surface area contributed by atoms with Gasteiger partial charge in [0.15, 0.2) is 11.6 Å². The molecule has 0 aromatic heterocycles. The number of hydrogen-bond donors (Lipinski definition) is 2. The van der Waals surface area contributed by atoms with Crippen LogP contribution in [0.1, 0.15) is 0 Å². The van der Waals surface area contributed by atoms with Gasteiger partial charge in [-0.15, -0.1) is 0 Å². The van der Waals surface area contributed by atoms with E-state index in [1.54, 1.807) is 0 Å². The van der Waals surface area contributed by atoms with Crippen LogP contribution in [0.15, 0.2) is 12.1 Å². The minimum atomic E-state index is -3.22. The summed E-state index contributed by atoms with van der Waals surface area (Å²) >= 11 is 0. The Bertz CT molecular complexity index is 850. The Morgan fingerprint density at radius 3 is 2.48 bits per heavy atom. The van der Waals surface area contributed by atoms with E-state index in [9.17, 15) is 31.9 Å². The first kappa shape index (κ1) is 22.4. The number of hydroxylamine groups is 2. The van der Waals surface area contributed by atoms with Crippen molar-refractivity contribution in [3.8, 4) is 0 Å². The third-order valence-electron chi connectivity index (χ3n) is 4.63. The van der Waals surface area contributed by atoms with E-state index < -0.39 is 42.2 Å². The van der Waals surface area contributed by atoms with Gasteiger partial charge in [-0.3, -0.25) is 14.5 Å². The molecule has 0 saturated carbocycles. The second-order valence-electron chi connectivity index (χ2n) is 6.68. The molecule has 1 aromatic rings. The van der Waals surface area contributed by atoms with Crippen LogP contribution in [0.3, 0.4) is 0 Å². The van der Waals surface area contributed by atoms with Gasteiger partial charge in [0.05, 0.1) is 31.9 Å². The smallest absolute Gasteiger partial charge is 0.414 e. The maximum atomic E-state index is 14.8. The molecular weight excluding hydrogens is 430 g/mol. The highest BCUT2D eigenvalue weighted by Gasteiger charge is 2.34. The largest absolute Gasteiger partial charge is 0.442 e. The number of amides is 4. The van der Waals surface area contributed by atoms with Gasteiger partial charge in [0.25, 0.3) is 5.91 Å². The number of urea groups is 1. The molecule has 1 aromatic carbocycles. The molecule has 10 nitrogen and oxygen atoms in total. The van der Waals surface area contributed by atoms with Crippen LogP contribution in [0.4, 0.5) is 38.5 Å². The first-order valence-electron chi connectivity index (χ1n) is 9.15. The molecule has 0 radical (unpaired) electrons. The Kier molecular flexibility index (Phi) is 6.68. The Morgan fingerprint density at radius 2 is 1.87 bits per heavy atom. The van der Waals surface area contributed by atoms with E-state index in [1.807, 2.05) is 5.32 Å². The molecule has 2 fully saturated rings. The summed E-state index contributed by atoms with van der Waals surface area (Å²) in [5.74, 6) is -3.46. The van der Waals surface area contributed by atoms with Crippen molar-refractivity contribution in [2.24, 2.45) is 5.73 Å². The van der Waals surface area contributed by atoms with E-state index in [0.717, 1.165) is 22.1 Å². The Balaban J connectivity index is 1.71. The maximum Gasteiger partial charge on any atom is 0.414 e. The summed E-state index contributed by atoms with van der Waals surface area (Å²) in [6.45, 7) is -0.499. The molecule has 170 valence electrons. The highest BCUT2D eigenvalue weighted by Crippen LogP contribution is 2.31. The average Bonchev–Trinajstić information content (AvgIpc) is 2.90. The second kappa shape index (κ2) is 9.24. The van der Waals surface area contributed by atoms with E-state index in [4.69, 9.17) is 15.3 Å². The van der Waals surface area contributed by atoms with Gasteiger partial charge in [-0.2, -0.15) is 8.78 Å². The van der Waals surface area contributed by atoms with Crippen molar-refractivity contribution in [3.05, 3.63) is 23.8 Å². The zero-order valence-electron chi connectivity index (χ0n) is 16.0. The fourth-order valence-electron chi connectivity index (χ4n) is 3.19. The number of benzene rings is 1. The predicted molar refractivity (Wildman–Crippen MR) is 97.4 cm³/mol. The van der Waals surface area contributed by atoms with Crippen LogP contribution in [0.25, 0.3) is 0 Å². The summed E-state index contributed by atoms with van der Waals surface area (Å²) in [7, 11) is 0. The number of cyclic esters (lactones) is 1. The van der Waals surface area contributed by atoms with E-state index in [-0.39, 0.29) is 50.7 Å². The summed E-state index contributed by atoms with van der Waals surface area (Å²) < 4.78 is 58.9. The number of hydrogen-bond acceptors (Lipinski definition) is 6. The van der Waals surface area contributed by atoms with Gasteiger partial charge in [-0.1, -0.05) is 0 Å². The zero-order valence-corrected chi connectivity index (χ0v) is 16.0. The molecule has 0 bridgehead atoms. The van der Waals surface area contributed by atoms with E-state index in [2.05, 4.69) is 0 Å². The number of alkyl halides is 2. The fraction of sp³-hybridized carbons (Fsp3) is 0.471. The van der Waals surface area contributed by atoms with Gasteiger partial charge in [0.2, 0.25) is 0 Å². The molecule has 2 saturated heterocycles. The van der Waals surface area contributed by atoms with E-state index >= 15 is 0 Å². The minimum Gasteiger partial charge on any atom is -0.442 e. The van der Waals surface area contributed by atoms with Crippen LogP contribution >= 0.6 is 0 Å². The number of carbonyl (C=O) groups is 3. The number of halogens is 4. The van der Waals surface area contributed by atoms with Crippen LogP contribution in [-0.2, 0) is 14.4 Å². The highest BCUT2D eigenvalue weighted by molar-refractivity contribution is 5.90. The van der Waals surface area contributed by atoms with Gasteiger partial charge in [0.1, 0.15) is 11.8 Å². The molecule has 2 aliphatic heterocycles. The highest BCUT2D eigenvalue weighted by atomic mass is 19.3. The summed E-state index contributed by atoms with van der Waals surface area (Å²) in [4.78, 5) is 41.5. The third-order valence-corrected chi connectivity index (χ3v) is 4.63. The lowest BCUT2D eigenvalue weighted by Gasteiger charge is -2.24. The van der Waals surface area contributed by atoms with Gasteiger partial charge < -0.3 is 20.7 Å². The van der Waals surface area contributed by atoms with Gasteiger partial charge >= 0.3 is 18.5 Å². The number of nitrogens with two attached hydrogens (primary N) is 1. The predicted octanol–water partition coefficient (Wildman–Crippen LogP) is 0.804. The molecule has 14 heteroatoms. The van der Waals surface area contributed by atoms with Gasteiger partial charge in [-0.05, 0) is 0 Å². The average molecular weight is 449 g/mol. The van der Waals surface area contributed by atoms with Crippen LogP contribution in [-0.4, -0.2) is 75.0 Å². The number of rotatable bonds is 5. The van der Waals surface area contributed by atoms with Crippen LogP contribution in [0.5, 0.6) is 0 Å². The monoisotopic (exact) mass is 449 g/mol. The number of nitrogens with zero attached hydrogens (tertiary/aromatic N) is 3. The van der Waals surface area contributed by atoms with E-state index in [0.29, 0.717) is 0 Å². The Morgan fingerprint density at radius 1 is 1.19 bits per heavy atom. The number of primary amides is 1. The Labute approximate surface area is 173 Å². The first-order valence-corrected chi connectivity index (χ1v) is 9.15. The molecule has 3 rings (SSSR count). The molecule has 1 atom stereocenters. The lowest BCUT2D eigenvalue weighted by Crippen LogP contribution is -2.38. The summed E-state index contributed by atoms with van der Waals surface area (Å²) in [5, 5.41) is 2.80. The molecule has 31 heavy (non-hydrogen) atoms. The molecule has 3 N–H and O–H groups in total. The van der Waals surface area contributed by atoms with Crippen molar-refractivity contribution < 1.29 is 41.5 Å². The van der Waals surface area contributed by atoms with Gasteiger partial charge in [0, 0.05) is 25.2 Å². The lowest BCUT2D eigenvalue weighted by atomic mass is 10.2. The first-order chi connectivity index (χ1) is 14.7. The standard InChI is InChI=1S/C17H19F4N5O5/c18-11-5-9(25-8-10(31-17(25)29)7-23-15(27)14(20)21)6-12(19)13(11)24-1-2-26(16(22)28)30-4-3-24/h5-6,10,14H,1-4,7-8H2,(H2,22,28)(H,23,27). The fourth-order valence-corrected chi connectivity index (χ4v) is 3.19. The molecule has 1 unspecified atom stereocenters. The van der Waals surface area contributed by atoms with Crippen molar-refractivity contribution in [3.63, 3.8) is 0 Å². The number of nitrogens with one attached hydrogen (secondary N) is 1. The van der Waals surface area contributed by atoms with Crippen molar-refractivity contribution in [2.45, 2.75) is 12.5 Å². The molecule has 0 aliphatic carbocycles. The summed E-state index contributed by atoms with van der Waals surface area (Å²) in [6, 6.07) is 1.03. The summed E-state index contributed by atoms with van der Waals surface area (Å²) in [6.07, 6.45) is -5.13. The molecular formula is C17H19F4N5O5. The normalized spacial score (nSPS) is 19.5. The molecule has 0 spiro atoms. The number of anilines is 2. The van der Waals surface area contributed by atoms with Crippen molar-refractivity contribution >= 4 is 29.4 Å². The van der Waals surface area contributed by atoms with E-state index in [1.165, 1.54) is 4.90 Å². The molecule has 2 aliphatic rings. The molecule has 4 amide bonds. The van der Waals surface area contributed by atoms with Crippen molar-refractivity contribution in [1.29, 1.82) is 0 Å². The topological polar surface area (TPSA) is 117 Å². The maximum absolute atomic E-state index is 14.8. The zero-order chi connectivity index (χ0) is 22.7. The Hall–Kier alpha value is -3.29. The number of ether oxygens (including phenoxy) is 1. The van der Waals surface area contributed by atoms with Crippen LogP contribution in [0, 0.1) is 11.6 Å². The van der Waals surface area contributed by atoms with Crippen molar-refractivity contribution in [1.82, 2.24) is 10.4 Å².